The second-order valence-corrected chi connectivity index (χ2v) is 26.9. The van der Waals surface area contributed by atoms with Crippen LogP contribution in [0.2, 0.25) is 0 Å². The number of carbonyl (C=O) groups is 6. The fraction of sp³-hybridized carbons (Fsp3) is 0.395. The summed E-state index contributed by atoms with van der Waals surface area (Å²) in [5.41, 5.74) is 8.41. The number of pyridine rings is 2. The van der Waals surface area contributed by atoms with Crippen molar-refractivity contribution in [3.63, 3.8) is 0 Å². The number of aryl methyl sites for hydroxylation is 4. The van der Waals surface area contributed by atoms with Gasteiger partial charge >= 0.3 is 0 Å². The maximum Gasteiger partial charge on any atom is 0.251 e. The van der Waals surface area contributed by atoms with Crippen molar-refractivity contribution in [2.24, 2.45) is 0 Å². The normalized spacial score (nSPS) is 14.7. The zero-order chi connectivity index (χ0) is 70.9. The molecule has 9 rings (SSSR count). The molecule has 4 atom stereocenters. The SMILES string of the molecule is CC[C@H](NC)C(=O)N[C@@H](Cc1c(C)cc(OCCNC(=O)c2ccc(C(=O)NCCOc3cc(C)c(C[C@H](NC(=O)[C@H](CC)NC)C(=O)N4CC(C)(C)c5[nH]c(=O)c(Cc6ccc(F)cc6)cc54)c(C)c3)cc2)cc1C)C(=O)N1CC(C)(C)c2[nH]c(=O)c(Cc3ccc(F)cc3)cc21. The molecule has 98 heavy (non-hydrogen) atoms. The van der Waals surface area contributed by atoms with Crippen LogP contribution in [-0.2, 0) is 55.7 Å². The van der Waals surface area contributed by atoms with Gasteiger partial charge in [0.15, 0.2) is 0 Å². The van der Waals surface area contributed by atoms with Gasteiger partial charge in [-0.05, 0) is 184 Å². The number of ether oxygens (including phenoxy) is 2. The zero-order valence-electron chi connectivity index (χ0n) is 57.9. The van der Waals surface area contributed by atoms with Gasteiger partial charge in [-0.3, -0.25) is 38.4 Å². The van der Waals surface area contributed by atoms with E-state index >= 15 is 0 Å². The third-order valence-corrected chi connectivity index (χ3v) is 18.6. The number of H-pyrrole nitrogens is 2. The predicted octanol–water partition coefficient (Wildman–Crippen LogP) is 8.07. The lowest BCUT2D eigenvalue weighted by Crippen LogP contribution is -2.54. The summed E-state index contributed by atoms with van der Waals surface area (Å²) in [5.74, 6) is -1.76. The highest BCUT2D eigenvalue weighted by molar-refractivity contribution is 6.03. The van der Waals surface area contributed by atoms with Crippen molar-refractivity contribution in [1.29, 1.82) is 0 Å². The van der Waals surface area contributed by atoms with E-state index in [1.165, 1.54) is 24.3 Å². The largest absolute Gasteiger partial charge is 0.492 e. The van der Waals surface area contributed by atoms with Crippen molar-refractivity contribution in [2.75, 3.05) is 63.3 Å². The summed E-state index contributed by atoms with van der Waals surface area (Å²) in [6, 6.07) is 25.9. The molecule has 0 fully saturated rings. The van der Waals surface area contributed by atoms with Gasteiger partial charge in [0.25, 0.3) is 22.9 Å². The van der Waals surface area contributed by atoms with Crippen molar-refractivity contribution in [3.05, 3.63) is 220 Å². The Bertz CT molecular complexity index is 3920. The van der Waals surface area contributed by atoms with Crippen LogP contribution >= 0.6 is 0 Å². The van der Waals surface area contributed by atoms with E-state index in [1.54, 1.807) is 84.6 Å². The molecule has 0 saturated heterocycles. The van der Waals surface area contributed by atoms with Gasteiger partial charge in [0, 0.05) is 83.2 Å². The van der Waals surface area contributed by atoms with E-state index in [2.05, 4.69) is 41.9 Å². The Balaban J connectivity index is 0.771. The first-order chi connectivity index (χ1) is 46.6. The number of amides is 6. The van der Waals surface area contributed by atoms with Crippen molar-refractivity contribution in [2.45, 2.75) is 143 Å². The highest BCUT2D eigenvalue weighted by Crippen LogP contribution is 2.41. The standard InChI is InChI=1S/C76H90F2N10O10/c1-13-59(79-11)71(93)83-61(73(95)87-41-75(7,8)65-63(87)37-51(69(91)85-65)35-47-15-23-53(77)24-16-47)39-57-43(3)31-55(32-44(57)4)97-29-27-81-67(89)49-19-21-50(22-20-49)68(90)82-28-30-98-56-33-45(5)58(46(6)34-56)40-62(84-72(94)60(14-2)80-12)74(96)88-42-76(9,10)66-64(88)38-52(70(92)86-66)36-48-17-25-54(78)26-18-48/h15-26,31-34,37-38,59-62,79-80H,13-14,27-30,35-36,39-42H2,1-12H3,(H,81,89)(H,82,90)(H,83,93)(H,84,94)(H,85,91)(H,86,92)/t59-,60-,61-,62-/m0/s1. The third-order valence-electron chi connectivity index (χ3n) is 18.6. The van der Waals surface area contributed by atoms with Gasteiger partial charge in [-0.2, -0.15) is 0 Å². The zero-order valence-corrected chi connectivity index (χ0v) is 57.9. The summed E-state index contributed by atoms with van der Waals surface area (Å²) >= 11 is 0. The first-order valence-corrected chi connectivity index (χ1v) is 33.3. The molecular formula is C76H90F2N10O10. The molecule has 518 valence electrons. The average Bonchev–Trinajstić information content (AvgIpc) is 1.60. The molecule has 6 amide bonds. The first kappa shape index (κ1) is 72.5. The summed E-state index contributed by atoms with van der Waals surface area (Å²) < 4.78 is 39.7. The van der Waals surface area contributed by atoms with Crippen molar-refractivity contribution >= 4 is 46.8 Å². The summed E-state index contributed by atoms with van der Waals surface area (Å²) in [5, 5.41) is 17.9. The molecule has 4 heterocycles. The number of rotatable bonds is 28. The molecule has 0 bridgehead atoms. The minimum Gasteiger partial charge on any atom is -0.492 e. The smallest absolute Gasteiger partial charge is 0.251 e. The lowest BCUT2D eigenvalue weighted by atomic mass is 9.91. The van der Waals surface area contributed by atoms with Crippen LogP contribution in [0.4, 0.5) is 20.2 Å². The second kappa shape index (κ2) is 31.2. The van der Waals surface area contributed by atoms with Gasteiger partial charge in [-0.15, -0.1) is 0 Å². The van der Waals surface area contributed by atoms with Gasteiger partial charge < -0.3 is 61.1 Å². The maximum absolute atomic E-state index is 14.9. The number of aromatic nitrogens is 2. The molecule has 0 unspecified atom stereocenters. The molecule has 0 spiro atoms. The molecule has 0 radical (unpaired) electrons. The van der Waals surface area contributed by atoms with Crippen LogP contribution in [0.5, 0.6) is 11.5 Å². The van der Waals surface area contributed by atoms with Crippen molar-refractivity contribution in [3.8, 4) is 11.5 Å². The minimum atomic E-state index is -0.991. The lowest BCUT2D eigenvalue weighted by Gasteiger charge is -2.28. The first-order valence-electron chi connectivity index (χ1n) is 33.3. The van der Waals surface area contributed by atoms with Gasteiger partial charge in [-0.25, -0.2) is 8.78 Å². The average molecular weight is 1340 g/mol. The van der Waals surface area contributed by atoms with Crippen LogP contribution < -0.4 is 62.3 Å². The number of halogens is 2. The predicted molar refractivity (Wildman–Crippen MR) is 375 cm³/mol. The van der Waals surface area contributed by atoms with Crippen LogP contribution in [0.1, 0.15) is 142 Å². The molecule has 2 aliphatic heterocycles. The molecule has 7 aromatic rings. The quantitative estimate of drug-likeness (QED) is 0.0217. The summed E-state index contributed by atoms with van der Waals surface area (Å²) in [6.07, 6.45) is 1.74. The van der Waals surface area contributed by atoms with Crippen LogP contribution in [0, 0.1) is 39.3 Å². The molecule has 0 aliphatic carbocycles. The van der Waals surface area contributed by atoms with E-state index in [-0.39, 0.29) is 123 Å². The Kier molecular flexibility index (Phi) is 23.0. The highest BCUT2D eigenvalue weighted by atomic mass is 19.1. The Morgan fingerprint density at radius 2 is 0.847 bits per heavy atom. The summed E-state index contributed by atoms with van der Waals surface area (Å²) in [7, 11) is 3.38. The van der Waals surface area contributed by atoms with E-state index in [1.807, 2.05) is 93.5 Å². The van der Waals surface area contributed by atoms with Crippen LogP contribution in [-0.4, -0.2) is 123 Å². The van der Waals surface area contributed by atoms with E-state index < -0.39 is 35.0 Å². The number of anilines is 2. The van der Waals surface area contributed by atoms with Crippen LogP contribution in [0.25, 0.3) is 0 Å². The molecule has 20 nitrogen and oxygen atoms in total. The number of hydrogen-bond donors (Lipinski definition) is 8. The monoisotopic (exact) mass is 1340 g/mol. The van der Waals surface area contributed by atoms with Crippen LogP contribution in [0.15, 0.2) is 119 Å². The van der Waals surface area contributed by atoms with E-state index in [9.17, 15) is 47.1 Å². The van der Waals surface area contributed by atoms with Crippen molar-refractivity contribution < 1.29 is 47.0 Å². The minimum absolute atomic E-state index is 0.131. The third kappa shape index (κ3) is 16.9. The Morgan fingerprint density at radius 1 is 0.510 bits per heavy atom. The Labute approximate surface area is 570 Å². The fourth-order valence-corrected chi connectivity index (χ4v) is 13.1. The van der Waals surface area contributed by atoms with E-state index in [4.69, 9.17) is 9.47 Å². The highest BCUT2D eigenvalue weighted by Gasteiger charge is 2.44. The summed E-state index contributed by atoms with van der Waals surface area (Å²) in [4.78, 5) is 120. The van der Waals surface area contributed by atoms with Gasteiger partial charge in [-0.1, -0.05) is 65.8 Å². The number of fused-ring (bicyclic) bond motifs is 2. The number of aromatic amines is 2. The number of carbonyl (C=O) groups excluding carboxylic acids is 6. The Hall–Kier alpha value is -9.80. The number of nitrogens with one attached hydrogen (secondary N) is 8. The lowest BCUT2D eigenvalue weighted by molar-refractivity contribution is -0.128. The topological polar surface area (TPSA) is 265 Å². The molecule has 8 N–H and O–H groups in total. The molecule has 2 aliphatic rings. The Morgan fingerprint density at radius 3 is 1.16 bits per heavy atom. The fourth-order valence-electron chi connectivity index (χ4n) is 13.1. The van der Waals surface area contributed by atoms with E-state index in [0.717, 1.165) is 44.5 Å². The van der Waals surface area contributed by atoms with Gasteiger partial charge in [0.2, 0.25) is 23.6 Å². The number of likely N-dealkylation sites (N-methyl/N-ethyl adjacent to an activating group) is 2. The molecule has 5 aromatic carbocycles. The molecule has 2 aromatic heterocycles. The van der Waals surface area contributed by atoms with Crippen LogP contribution in [0.3, 0.4) is 0 Å². The second-order valence-electron chi connectivity index (χ2n) is 26.9. The number of hydrogen-bond acceptors (Lipinski definition) is 12. The molecule has 0 saturated carbocycles. The summed E-state index contributed by atoms with van der Waals surface area (Å²) in [6.45, 7) is 20.3. The van der Waals surface area contributed by atoms with Gasteiger partial charge in [0.05, 0.1) is 36.5 Å². The maximum atomic E-state index is 14.9. The van der Waals surface area contributed by atoms with E-state index in [0.29, 0.717) is 69.4 Å². The number of benzene rings is 5. The molecular weight excluding hydrogens is 1250 g/mol. The number of nitrogens with zero attached hydrogens (tertiary/aromatic N) is 2. The molecule has 22 heteroatoms. The van der Waals surface area contributed by atoms with Gasteiger partial charge in [0.1, 0.15) is 48.4 Å². The van der Waals surface area contributed by atoms with Crippen molar-refractivity contribution in [1.82, 2.24) is 41.9 Å².